The molecule has 1 amide bonds. The lowest BCUT2D eigenvalue weighted by molar-refractivity contribution is -0.134. The second-order valence-electron chi connectivity index (χ2n) is 7.15. The molecular formula is C20H22ClN3O3. The monoisotopic (exact) mass is 387 g/mol. The summed E-state index contributed by atoms with van der Waals surface area (Å²) in [4.78, 5) is 26.4. The van der Waals surface area contributed by atoms with Gasteiger partial charge in [-0.05, 0) is 43.9 Å². The molecule has 1 aromatic carbocycles. The van der Waals surface area contributed by atoms with Crippen molar-refractivity contribution in [3.8, 4) is 5.75 Å². The van der Waals surface area contributed by atoms with Crippen LogP contribution in [0.2, 0.25) is 5.02 Å². The zero-order valence-corrected chi connectivity index (χ0v) is 15.8. The summed E-state index contributed by atoms with van der Waals surface area (Å²) in [5, 5.41) is 5.07. The quantitative estimate of drug-likeness (QED) is 0.791. The van der Waals surface area contributed by atoms with Gasteiger partial charge in [-0.15, -0.1) is 0 Å². The fourth-order valence-corrected chi connectivity index (χ4v) is 3.64. The van der Waals surface area contributed by atoms with Crippen LogP contribution in [0.5, 0.6) is 5.75 Å². The number of carbonyl (C=O) groups is 1. The summed E-state index contributed by atoms with van der Waals surface area (Å²) in [6.07, 6.45) is 3.75. The molecular weight excluding hydrogens is 366 g/mol. The summed E-state index contributed by atoms with van der Waals surface area (Å²) < 4.78 is 7.16. The number of halogens is 1. The molecule has 4 rings (SSSR count). The SMILES string of the molecule is O=C(COc1ccccc1Cl)N1CCC(n2nc(C3CC3)ccc2=O)CC1. The first kappa shape index (κ1) is 18.0. The van der Waals surface area contributed by atoms with E-state index in [0.29, 0.717) is 29.8 Å². The van der Waals surface area contributed by atoms with Gasteiger partial charge < -0.3 is 9.64 Å². The lowest BCUT2D eigenvalue weighted by atomic mass is 10.1. The van der Waals surface area contributed by atoms with E-state index in [1.165, 1.54) is 0 Å². The minimum Gasteiger partial charge on any atom is -0.482 e. The molecule has 1 saturated carbocycles. The van der Waals surface area contributed by atoms with Crippen LogP contribution in [-0.2, 0) is 4.79 Å². The molecule has 0 atom stereocenters. The standard InChI is InChI=1S/C20H22ClN3O3/c21-16-3-1-2-4-18(16)27-13-20(26)23-11-9-15(10-12-23)24-19(25)8-7-17(22-24)14-5-6-14/h1-4,7-8,14-15H,5-6,9-13H2. The lowest BCUT2D eigenvalue weighted by Crippen LogP contribution is -2.43. The van der Waals surface area contributed by atoms with E-state index >= 15 is 0 Å². The van der Waals surface area contributed by atoms with Gasteiger partial charge in [0, 0.05) is 25.1 Å². The van der Waals surface area contributed by atoms with Gasteiger partial charge in [0.05, 0.1) is 16.8 Å². The molecule has 1 aliphatic carbocycles. The first-order chi connectivity index (χ1) is 13.1. The molecule has 1 saturated heterocycles. The summed E-state index contributed by atoms with van der Waals surface area (Å²) in [6, 6.07) is 10.6. The summed E-state index contributed by atoms with van der Waals surface area (Å²) >= 11 is 6.05. The molecule has 7 heteroatoms. The third kappa shape index (κ3) is 4.16. The van der Waals surface area contributed by atoms with E-state index in [4.69, 9.17) is 16.3 Å². The van der Waals surface area contributed by atoms with Crippen molar-refractivity contribution in [2.45, 2.75) is 37.6 Å². The highest BCUT2D eigenvalue weighted by molar-refractivity contribution is 6.32. The van der Waals surface area contributed by atoms with Gasteiger partial charge in [-0.25, -0.2) is 4.68 Å². The maximum absolute atomic E-state index is 12.4. The number of para-hydroxylation sites is 1. The molecule has 0 bridgehead atoms. The number of hydrogen-bond donors (Lipinski definition) is 0. The van der Waals surface area contributed by atoms with E-state index in [9.17, 15) is 9.59 Å². The Hall–Kier alpha value is -2.34. The molecule has 2 heterocycles. The van der Waals surface area contributed by atoms with Crippen molar-refractivity contribution < 1.29 is 9.53 Å². The number of ether oxygens (including phenoxy) is 1. The Balaban J connectivity index is 1.33. The van der Waals surface area contributed by atoms with Crippen molar-refractivity contribution in [3.63, 3.8) is 0 Å². The number of piperidine rings is 1. The highest BCUT2D eigenvalue weighted by atomic mass is 35.5. The smallest absolute Gasteiger partial charge is 0.267 e. The molecule has 2 aliphatic rings. The van der Waals surface area contributed by atoms with Gasteiger partial charge in [-0.3, -0.25) is 9.59 Å². The number of carbonyl (C=O) groups excluding carboxylic acids is 1. The number of rotatable bonds is 5. The molecule has 1 aromatic heterocycles. The third-order valence-electron chi connectivity index (χ3n) is 5.19. The first-order valence-electron chi connectivity index (χ1n) is 9.36. The van der Waals surface area contributed by atoms with Gasteiger partial charge in [-0.2, -0.15) is 5.10 Å². The topological polar surface area (TPSA) is 64.4 Å². The fraction of sp³-hybridized carbons (Fsp3) is 0.450. The number of amides is 1. The van der Waals surface area contributed by atoms with Gasteiger partial charge in [-0.1, -0.05) is 23.7 Å². The minimum absolute atomic E-state index is 0.0379. The highest BCUT2D eigenvalue weighted by Crippen LogP contribution is 2.38. The van der Waals surface area contributed by atoms with E-state index in [1.54, 1.807) is 27.8 Å². The predicted octanol–water partition coefficient (Wildman–Crippen LogP) is 3.02. The lowest BCUT2D eigenvalue weighted by Gasteiger charge is -2.32. The van der Waals surface area contributed by atoms with Crippen molar-refractivity contribution in [3.05, 3.63) is 57.5 Å². The zero-order chi connectivity index (χ0) is 18.8. The maximum Gasteiger partial charge on any atom is 0.267 e. The Kier molecular flexibility index (Phi) is 5.16. The number of benzene rings is 1. The van der Waals surface area contributed by atoms with Gasteiger partial charge in [0.15, 0.2) is 6.61 Å². The number of nitrogens with zero attached hydrogens (tertiary/aromatic N) is 3. The molecule has 142 valence electrons. The van der Waals surface area contributed by atoms with Crippen LogP contribution in [0.15, 0.2) is 41.2 Å². The van der Waals surface area contributed by atoms with Gasteiger partial charge in [0.1, 0.15) is 5.75 Å². The summed E-state index contributed by atoms with van der Waals surface area (Å²) in [7, 11) is 0. The normalized spacial score (nSPS) is 17.7. The average molecular weight is 388 g/mol. The second-order valence-corrected chi connectivity index (χ2v) is 7.55. The van der Waals surface area contributed by atoms with Crippen molar-refractivity contribution in [2.24, 2.45) is 0 Å². The largest absolute Gasteiger partial charge is 0.482 e. The zero-order valence-electron chi connectivity index (χ0n) is 15.0. The molecule has 0 unspecified atom stereocenters. The van der Waals surface area contributed by atoms with Crippen molar-refractivity contribution in [2.75, 3.05) is 19.7 Å². The second kappa shape index (κ2) is 7.72. The van der Waals surface area contributed by atoms with Crippen LogP contribution in [0.3, 0.4) is 0 Å². The molecule has 0 N–H and O–H groups in total. The van der Waals surface area contributed by atoms with Crippen LogP contribution in [0.25, 0.3) is 0 Å². The first-order valence-corrected chi connectivity index (χ1v) is 9.74. The number of hydrogen-bond acceptors (Lipinski definition) is 4. The Morgan fingerprint density at radius 1 is 1.11 bits per heavy atom. The molecule has 2 fully saturated rings. The average Bonchev–Trinajstić information content (AvgIpc) is 3.53. The molecule has 1 aliphatic heterocycles. The summed E-state index contributed by atoms with van der Waals surface area (Å²) in [5.74, 6) is 0.955. The van der Waals surface area contributed by atoms with E-state index in [0.717, 1.165) is 31.4 Å². The van der Waals surface area contributed by atoms with Crippen molar-refractivity contribution >= 4 is 17.5 Å². The van der Waals surface area contributed by atoms with E-state index in [-0.39, 0.29) is 24.1 Å². The Bertz CT molecular complexity index is 886. The van der Waals surface area contributed by atoms with Crippen LogP contribution in [0.1, 0.15) is 43.3 Å². The van der Waals surface area contributed by atoms with Crippen LogP contribution in [0.4, 0.5) is 0 Å². The maximum atomic E-state index is 12.4. The Labute approximate surface area is 162 Å². The van der Waals surface area contributed by atoms with Crippen LogP contribution < -0.4 is 10.3 Å². The molecule has 0 spiro atoms. The Morgan fingerprint density at radius 3 is 2.56 bits per heavy atom. The van der Waals surface area contributed by atoms with Gasteiger partial charge in [0.2, 0.25) is 0 Å². The third-order valence-corrected chi connectivity index (χ3v) is 5.50. The van der Waals surface area contributed by atoms with Crippen LogP contribution >= 0.6 is 11.6 Å². The highest BCUT2D eigenvalue weighted by Gasteiger charge is 2.28. The van der Waals surface area contributed by atoms with Crippen molar-refractivity contribution in [1.82, 2.24) is 14.7 Å². The molecule has 6 nitrogen and oxygen atoms in total. The summed E-state index contributed by atoms with van der Waals surface area (Å²) in [5.41, 5.74) is 0.951. The summed E-state index contributed by atoms with van der Waals surface area (Å²) in [6.45, 7) is 1.15. The molecule has 0 radical (unpaired) electrons. The van der Waals surface area contributed by atoms with Crippen molar-refractivity contribution in [1.29, 1.82) is 0 Å². The van der Waals surface area contributed by atoms with Crippen LogP contribution in [0, 0.1) is 0 Å². The predicted molar refractivity (Wildman–Crippen MR) is 102 cm³/mol. The van der Waals surface area contributed by atoms with E-state index < -0.39 is 0 Å². The van der Waals surface area contributed by atoms with Gasteiger partial charge in [0.25, 0.3) is 11.5 Å². The molecule has 27 heavy (non-hydrogen) atoms. The minimum atomic E-state index is -0.0691. The van der Waals surface area contributed by atoms with E-state index in [2.05, 4.69) is 5.10 Å². The fourth-order valence-electron chi connectivity index (χ4n) is 3.45. The van der Waals surface area contributed by atoms with Gasteiger partial charge >= 0.3 is 0 Å². The molecule has 2 aromatic rings. The van der Waals surface area contributed by atoms with E-state index in [1.807, 2.05) is 18.2 Å². The number of aromatic nitrogens is 2. The van der Waals surface area contributed by atoms with Crippen LogP contribution in [-0.4, -0.2) is 40.3 Å². The number of likely N-dealkylation sites (tertiary alicyclic amines) is 1. The Morgan fingerprint density at radius 2 is 1.85 bits per heavy atom.